The molecule has 1 saturated heterocycles. The fraction of sp³-hybridized carbons (Fsp3) is 0.583. The number of carbonyl (C=O) groups is 1. The number of nitrogens with two attached hydrogens (primary N) is 1. The van der Waals surface area contributed by atoms with E-state index in [1.807, 2.05) is 14.0 Å². The zero-order valence-corrected chi connectivity index (χ0v) is 10.8. The van der Waals surface area contributed by atoms with Gasteiger partial charge in [-0.3, -0.25) is 4.79 Å². The summed E-state index contributed by atoms with van der Waals surface area (Å²) >= 11 is 0. The predicted octanol–water partition coefficient (Wildman–Crippen LogP) is 0.654. The van der Waals surface area contributed by atoms with Gasteiger partial charge < -0.3 is 16.0 Å². The summed E-state index contributed by atoms with van der Waals surface area (Å²) in [5, 5.41) is 3.32. The number of nitrogen functional groups attached to an aromatic ring is 1. The number of aryl methyl sites for hydroxylation is 1. The van der Waals surface area contributed by atoms with Gasteiger partial charge in [-0.05, 0) is 6.42 Å². The number of hydrogen-bond acceptors (Lipinski definition) is 5. The molecule has 1 fully saturated rings. The summed E-state index contributed by atoms with van der Waals surface area (Å²) in [6.45, 7) is 2.69. The lowest BCUT2D eigenvalue weighted by molar-refractivity contribution is -0.132. The monoisotopic (exact) mass is 249 g/mol. The highest BCUT2D eigenvalue weighted by Gasteiger charge is 2.22. The third-order valence-corrected chi connectivity index (χ3v) is 3.09. The number of piperidine rings is 1. The van der Waals surface area contributed by atoms with Crippen LogP contribution < -0.4 is 11.1 Å². The van der Waals surface area contributed by atoms with Crippen molar-refractivity contribution in [2.45, 2.75) is 32.2 Å². The molecule has 0 aromatic carbocycles. The predicted molar refractivity (Wildman–Crippen MR) is 70.1 cm³/mol. The van der Waals surface area contributed by atoms with Crippen LogP contribution in [0.3, 0.4) is 0 Å². The molecular formula is C12H19N5O. The van der Waals surface area contributed by atoms with Crippen molar-refractivity contribution in [1.29, 1.82) is 0 Å². The van der Waals surface area contributed by atoms with Gasteiger partial charge in [-0.1, -0.05) is 6.92 Å². The van der Waals surface area contributed by atoms with E-state index in [1.165, 1.54) is 0 Å². The van der Waals surface area contributed by atoms with Gasteiger partial charge in [0.2, 0.25) is 5.91 Å². The maximum absolute atomic E-state index is 11.4. The second-order valence-corrected chi connectivity index (χ2v) is 4.60. The van der Waals surface area contributed by atoms with E-state index in [0.29, 0.717) is 18.8 Å². The molecule has 6 heteroatoms. The third kappa shape index (κ3) is 2.88. The summed E-state index contributed by atoms with van der Waals surface area (Å²) in [4.78, 5) is 21.7. The van der Waals surface area contributed by atoms with E-state index < -0.39 is 0 Å². The van der Waals surface area contributed by atoms with Crippen molar-refractivity contribution in [3.63, 3.8) is 0 Å². The molecule has 0 radical (unpaired) electrons. The van der Waals surface area contributed by atoms with Crippen molar-refractivity contribution in [3.8, 4) is 0 Å². The molecule has 0 bridgehead atoms. The summed E-state index contributed by atoms with van der Waals surface area (Å²) in [6, 6.07) is 1.96. The number of likely N-dealkylation sites (N-methyl/N-ethyl adjacent to an activating group) is 1. The first-order valence-electron chi connectivity index (χ1n) is 6.22. The van der Waals surface area contributed by atoms with Crippen LogP contribution in [0, 0.1) is 0 Å². The van der Waals surface area contributed by atoms with Crippen molar-refractivity contribution in [3.05, 3.63) is 11.9 Å². The van der Waals surface area contributed by atoms with Gasteiger partial charge in [-0.15, -0.1) is 0 Å². The van der Waals surface area contributed by atoms with Crippen molar-refractivity contribution >= 4 is 17.5 Å². The zero-order valence-electron chi connectivity index (χ0n) is 10.8. The Labute approximate surface area is 107 Å². The van der Waals surface area contributed by atoms with Crippen LogP contribution in [0.25, 0.3) is 0 Å². The molecule has 3 N–H and O–H groups in total. The van der Waals surface area contributed by atoms with Crippen molar-refractivity contribution in [1.82, 2.24) is 14.9 Å². The molecule has 1 unspecified atom stereocenters. The normalized spacial score (nSPS) is 20.0. The van der Waals surface area contributed by atoms with Gasteiger partial charge >= 0.3 is 0 Å². The van der Waals surface area contributed by atoms with Crippen LogP contribution in [0.2, 0.25) is 0 Å². The van der Waals surface area contributed by atoms with Gasteiger partial charge in [0.15, 0.2) is 0 Å². The van der Waals surface area contributed by atoms with Gasteiger partial charge in [0, 0.05) is 38.5 Å². The summed E-state index contributed by atoms with van der Waals surface area (Å²) in [5.41, 5.74) is 5.73. The molecule has 0 aliphatic carbocycles. The Morgan fingerprint density at radius 3 is 3.00 bits per heavy atom. The lowest BCUT2D eigenvalue weighted by atomic mass is 10.1. The second-order valence-electron chi connectivity index (χ2n) is 4.60. The molecule has 1 aliphatic rings. The van der Waals surface area contributed by atoms with E-state index in [1.54, 1.807) is 11.0 Å². The number of aromatic nitrogens is 2. The Balaban J connectivity index is 2.05. The molecular weight excluding hydrogens is 230 g/mol. The maximum atomic E-state index is 11.4. The molecule has 2 rings (SSSR count). The van der Waals surface area contributed by atoms with Crippen LogP contribution >= 0.6 is 0 Å². The summed E-state index contributed by atoms with van der Waals surface area (Å²) < 4.78 is 0. The first kappa shape index (κ1) is 12.6. The fourth-order valence-corrected chi connectivity index (χ4v) is 2.09. The number of amides is 1. The molecule has 1 amide bonds. The largest absolute Gasteiger partial charge is 0.384 e. The highest BCUT2D eigenvalue weighted by atomic mass is 16.2. The maximum Gasteiger partial charge on any atom is 0.222 e. The number of hydrogen-bond donors (Lipinski definition) is 2. The van der Waals surface area contributed by atoms with E-state index in [-0.39, 0.29) is 11.9 Å². The number of anilines is 2. The summed E-state index contributed by atoms with van der Waals surface area (Å²) in [6.07, 6.45) is 2.16. The fourth-order valence-electron chi connectivity index (χ4n) is 2.09. The quantitative estimate of drug-likeness (QED) is 0.822. The number of nitrogens with one attached hydrogen (secondary N) is 1. The number of likely N-dealkylation sites (tertiary alicyclic amines) is 1. The Morgan fingerprint density at radius 1 is 1.56 bits per heavy atom. The third-order valence-electron chi connectivity index (χ3n) is 3.09. The Bertz CT molecular complexity index is 448. The first-order chi connectivity index (χ1) is 8.58. The minimum Gasteiger partial charge on any atom is -0.384 e. The average Bonchev–Trinajstić information content (AvgIpc) is 2.33. The topological polar surface area (TPSA) is 84.1 Å². The second kappa shape index (κ2) is 5.20. The van der Waals surface area contributed by atoms with E-state index in [9.17, 15) is 4.79 Å². The first-order valence-corrected chi connectivity index (χ1v) is 6.22. The standard InChI is InChI=1S/C12H19N5O/c1-3-10-15-9(13)6-11(16-10)14-8-4-5-12(18)17(2)7-8/h6,8H,3-5,7H2,1-2H3,(H3,13,14,15,16). The summed E-state index contributed by atoms with van der Waals surface area (Å²) in [7, 11) is 1.82. The number of carbonyl (C=O) groups excluding carboxylic acids is 1. The van der Waals surface area contributed by atoms with E-state index in [0.717, 1.165) is 24.5 Å². The van der Waals surface area contributed by atoms with Crippen LogP contribution in [0.4, 0.5) is 11.6 Å². The molecule has 1 atom stereocenters. The average molecular weight is 249 g/mol. The van der Waals surface area contributed by atoms with Crippen molar-refractivity contribution in [2.75, 3.05) is 24.6 Å². The van der Waals surface area contributed by atoms with Crippen LogP contribution in [-0.4, -0.2) is 40.4 Å². The van der Waals surface area contributed by atoms with Gasteiger partial charge in [0.05, 0.1) is 0 Å². The highest BCUT2D eigenvalue weighted by molar-refractivity contribution is 5.77. The molecule has 2 heterocycles. The Morgan fingerprint density at radius 2 is 2.33 bits per heavy atom. The van der Waals surface area contributed by atoms with E-state index >= 15 is 0 Å². The van der Waals surface area contributed by atoms with Crippen LogP contribution in [0.15, 0.2) is 6.07 Å². The van der Waals surface area contributed by atoms with Crippen LogP contribution in [-0.2, 0) is 11.2 Å². The van der Waals surface area contributed by atoms with Crippen molar-refractivity contribution in [2.24, 2.45) is 0 Å². The zero-order chi connectivity index (χ0) is 13.1. The minimum atomic E-state index is 0.199. The summed E-state index contributed by atoms with van der Waals surface area (Å²) in [5.74, 6) is 2.15. The highest BCUT2D eigenvalue weighted by Crippen LogP contribution is 2.16. The van der Waals surface area contributed by atoms with Crippen molar-refractivity contribution < 1.29 is 4.79 Å². The van der Waals surface area contributed by atoms with E-state index in [4.69, 9.17) is 5.73 Å². The van der Waals surface area contributed by atoms with Gasteiger partial charge in [-0.2, -0.15) is 0 Å². The Hall–Kier alpha value is -1.85. The number of rotatable bonds is 3. The molecule has 98 valence electrons. The molecule has 0 saturated carbocycles. The Kier molecular flexibility index (Phi) is 3.64. The molecule has 1 aliphatic heterocycles. The lowest BCUT2D eigenvalue weighted by Gasteiger charge is -2.30. The van der Waals surface area contributed by atoms with Crippen LogP contribution in [0.1, 0.15) is 25.6 Å². The van der Waals surface area contributed by atoms with E-state index in [2.05, 4.69) is 15.3 Å². The molecule has 0 spiro atoms. The molecule has 1 aromatic heterocycles. The molecule has 1 aromatic rings. The van der Waals surface area contributed by atoms with Gasteiger partial charge in [-0.25, -0.2) is 9.97 Å². The SMILES string of the molecule is CCc1nc(N)cc(NC2CCC(=O)N(C)C2)n1. The van der Waals surface area contributed by atoms with Gasteiger partial charge in [0.1, 0.15) is 17.5 Å². The molecule has 18 heavy (non-hydrogen) atoms. The molecule has 6 nitrogen and oxygen atoms in total. The minimum absolute atomic E-state index is 0.199. The lowest BCUT2D eigenvalue weighted by Crippen LogP contribution is -2.43. The van der Waals surface area contributed by atoms with Gasteiger partial charge in [0.25, 0.3) is 0 Å². The van der Waals surface area contributed by atoms with Crippen LogP contribution in [0.5, 0.6) is 0 Å². The number of nitrogens with zero attached hydrogens (tertiary/aromatic N) is 3. The smallest absolute Gasteiger partial charge is 0.222 e.